The molecule has 1 aliphatic heterocycles. The van der Waals surface area contributed by atoms with Gasteiger partial charge in [0.2, 0.25) is 5.91 Å². The van der Waals surface area contributed by atoms with Crippen LogP contribution < -0.4 is 18.9 Å². The van der Waals surface area contributed by atoms with E-state index in [2.05, 4.69) is 18.0 Å². The summed E-state index contributed by atoms with van der Waals surface area (Å²) in [7, 11) is 8.65. The van der Waals surface area contributed by atoms with Gasteiger partial charge in [0.1, 0.15) is 11.5 Å². The molecule has 0 N–H and O–H groups in total. The van der Waals surface area contributed by atoms with Gasteiger partial charge in [-0.2, -0.15) is 0 Å². The Morgan fingerprint density at radius 3 is 2.24 bits per heavy atom. The number of carbonyl (C=O) groups excluding carboxylic acids is 1. The van der Waals surface area contributed by atoms with Crippen LogP contribution in [0.15, 0.2) is 36.5 Å². The van der Waals surface area contributed by atoms with Crippen molar-refractivity contribution in [3.8, 4) is 23.0 Å². The lowest BCUT2D eigenvalue weighted by molar-refractivity contribution is -0.127. The van der Waals surface area contributed by atoms with Crippen LogP contribution in [0.3, 0.4) is 0 Å². The first-order valence-electron chi connectivity index (χ1n) is 11.1. The number of carbonyl (C=O) groups is 1. The van der Waals surface area contributed by atoms with E-state index >= 15 is 0 Å². The summed E-state index contributed by atoms with van der Waals surface area (Å²) >= 11 is 0. The highest BCUT2D eigenvalue weighted by Gasteiger charge is 2.22. The highest BCUT2D eigenvalue weighted by Crippen LogP contribution is 2.34. The van der Waals surface area contributed by atoms with Crippen molar-refractivity contribution in [2.75, 3.05) is 55.1 Å². The first kappa shape index (κ1) is 24.5. The van der Waals surface area contributed by atoms with Crippen molar-refractivity contribution >= 4 is 12.0 Å². The van der Waals surface area contributed by atoms with Crippen LogP contribution in [0, 0.1) is 0 Å². The number of ether oxygens (including phenoxy) is 4. The molecule has 0 fully saturated rings. The highest BCUT2D eigenvalue weighted by molar-refractivity contribution is 5.85. The van der Waals surface area contributed by atoms with E-state index in [1.165, 1.54) is 5.56 Å². The van der Waals surface area contributed by atoms with Crippen molar-refractivity contribution in [2.45, 2.75) is 19.3 Å². The van der Waals surface area contributed by atoms with Gasteiger partial charge < -0.3 is 28.7 Å². The predicted octanol–water partition coefficient (Wildman–Crippen LogP) is 3.64. The number of amides is 1. The average molecular weight is 455 g/mol. The van der Waals surface area contributed by atoms with Crippen LogP contribution in [0.2, 0.25) is 0 Å². The second kappa shape index (κ2) is 11.6. The number of benzene rings is 2. The summed E-state index contributed by atoms with van der Waals surface area (Å²) in [6.45, 7) is 2.47. The SMILES string of the molecule is COc1ccc(CCN(C)CCCN2C=Cc3c(OC)ccc(OC)c3CC2=O)cc1OC. The Labute approximate surface area is 196 Å². The van der Waals surface area contributed by atoms with E-state index in [-0.39, 0.29) is 12.3 Å². The Kier molecular flexibility index (Phi) is 8.60. The Morgan fingerprint density at radius 2 is 1.55 bits per heavy atom. The highest BCUT2D eigenvalue weighted by atomic mass is 16.5. The topological polar surface area (TPSA) is 60.5 Å². The third-order valence-corrected chi connectivity index (χ3v) is 5.95. The van der Waals surface area contributed by atoms with E-state index < -0.39 is 0 Å². The van der Waals surface area contributed by atoms with E-state index in [9.17, 15) is 4.79 Å². The van der Waals surface area contributed by atoms with Crippen molar-refractivity contribution in [3.05, 3.63) is 53.2 Å². The zero-order chi connectivity index (χ0) is 23.8. The fourth-order valence-electron chi connectivity index (χ4n) is 4.04. The second-order valence-electron chi connectivity index (χ2n) is 8.04. The minimum Gasteiger partial charge on any atom is -0.496 e. The van der Waals surface area contributed by atoms with Crippen LogP contribution in [0.1, 0.15) is 23.1 Å². The second-order valence-corrected chi connectivity index (χ2v) is 8.04. The van der Waals surface area contributed by atoms with Crippen molar-refractivity contribution in [1.29, 1.82) is 0 Å². The van der Waals surface area contributed by atoms with Gasteiger partial charge in [-0.25, -0.2) is 0 Å². The molecule has 2 aromatic carbocycles. The molecule has 3 rings (SSSR count). The van der Waals surface area contributed by atoms with Crippen LogP contribution in [-0.4, -0.2) is 70.8 Å². The molecule has 0 atom stereocenters. The molecule has 1 aliphatic rings. The first-order valence-corrected chi connectivity index (χ1v) is 11.1. The summed E-state index contributed by atoms with van der Waals surface area (Å²) in [5.41, 5.74) is 2.97. The lowest BCUT2D eigenvalue weighted by Crippen LogP contribution is -2.30. The van der Waals surface area contributed by atoms with Gasteiger partial charge in [-0.1, -0.05) is 6.07 Å². The molecule has 0 saturated heterocycles. The minimum absolute atomic E-state index is 0.0598. The quantitative estimate of drug-likeness (QED) is 0.517. The minimum atomic E-state index is 0.0598. The third-order valence-electron chi connectivity index (χ3n) is 5.95. The summed E-state index contributed by atoms with van der Waals surface area (Å²) in [4.78, 5) is 17.0. The van der Waals surface area contributed by atoms with Gasteiger partial charge in [0.15, 0.2) is 11.5 Å². The van der Waals surface area contributed by atoms with Gasteiger partial charge in [0, 0.05) is 30.4 Å². The van der Waals surface area contributed by atoms with E-state index in [1.54, 1.807) is 33.3 Å². The normalized spacial score (nSPS) is 13.0. The van der Waals surface area contributed by atoms with Crippen LogP contribution in [-0.2, 0) is 17.6 Å². The molecule has 0 bridgehead atoms. The molecule has 7 nitrogen and oxygen atoms in total. The lowest BCUT2D eigenvalue weighted by atomic mass is 10.0. The smallest absolute Gasteiger partial charge is 0.231 e. The van der Waals surface area contributed by atoms with Crippen LogP contribution in [0.4, 0.5) is 0 Å². The van der Waals surface area contributed by atoms with Crippen LogP contribution in [0.25, 0.3) is 6.08 Å². The monoisotopic (exact) mass is 454 g/mol. The number of nitrogens with zero attached hydrogens (tertiary/aromatic N) is 2. The zero-order valence-corrected chi connectivity index (χ0v) is 20.2. The maximum atomic E-state index is 12.9. The summed E-state index contributed by atoms with van der Waals surface area (Å²) < 4.78 is 21.7. The number of rotatable bonds is 11. The lowest BCUT2D eigenvalue weighted by Gasteiger charge is -2.21. The Morgan fingerprint density at radius 1 is 0.879 bits per heavy atom. The molecule has 0 unspecified atom stereocenters. The summed E-state index contributed by atoms with van der Waals surface area (Å²) in [5.74, 6) is 3.00. The van der Waals surface area contributed by atoms with Crippen LogP contribution >= 0.6 is 0 Å². The first-order chi connectivity index (χ1) is 16.0. The maximum absolute atomic E-state index is 12.9. The molecule has 1 amide bonds. The van der Waals surface area contributed by atoms with E-state index in [1.807, 2.05) is 36.5 Å². The number of likely N-dealkylation sites (N-methyl/N-ethyl adjacent to an activating group) is 1. The van der Waals surface area contributed by atoms with Gasteiger partial charge in [-0.3, -0.25) is 4.79 Å². The van der Waals surface area contributed by atoms with E-state index in [4.69, 9.17) is 18.9 Å². The van der Waals surface area contributed by atoms with E-state index in [0.717, 1.165) is 54.3 Å². The van der Waals surface area contributed by atoms with Crippen molar-refractivity contribution in [1.82, 2.24) is 9.80 Å². The molecule has 1 heterocycles. The summed E-state index contributed by atoms with van der Waals surface area (Å²) in [6, 6.07) is 9.74. The van der Waals surface area contributed by atoms with Crippen molar-refractivity contribution in [2.24, 2.45) is 0 Å². The average Bonchev–Trinajstić information content (AvgIpc) is 3.00. The van der Waals surface area contributed by atoms with Gasteiger partial charge in [-0.15, -0.1) is 0 Å². The number of methoxy groups -OCH3 is 4. The predicted molar refractivity (Wildman–Crippen MR) is 129 cm³/mol. The molecule has 178 valence electrons. The summed E-state index contributed by atoms with van der Waals surface area (Å²) in [5, 5.41) is 0. The molecule has 0 radical (unpaired) electrons. The zero-order valence-electron chi connectivity index (χ0n) is 20.2. The molecule has 2 aromatic rings. The Bertz CT molecular complexity index is 989. The van der Waals surface area contributed by atoms with Gasteiger partial charge >= 0.3 is 0 Å². The molecule has 0 aliphatic carbocycles. The maximum Gasteiger partial charge on any atom is 0.231 e. The number of hydrogen-bond donors (Lipinski definition) is 0. The van der Waals surface area contributed by atoms with Gasteiger partial charge in [0.05, 0.1) is 34.9 Å². The number of fused-ring (bicyclic) bond motifs is 1. The molecule has 7 heteroatoms. The third kappa shape index (κ3) is 5.99. The Hall–Kier alpha value is -3.19. The summed E-state index contributed by atoms with van der Waals surface area (Å²) in [6.07, 6.45) is 5.89. The van der Waals surface area contributed by atoms with Gasteiger partial charge in [-0.05, 0) is 62.3 Å². The largest absolute Gasteiger partial charge is 0.496 e. The molecular formula is C26H34N2O5. The standard InChI is InChI=1S/C26H34N2O5/c1-27(15-11-19-7-8-24(32-4)25(17-19)33-5)13-6-14-28-16-12-20-21(18-26(28)29)23(31-3)10-9-22(20)30-2/h7-10,12,16-17H,6,11,13-15,18H2,1-5H3. The molecular weight excluding hydrogens is 420 g/mol. The Balaban J connectivity index is 1.53. The van der Waals surface area contributed by atoms with Gasteiger partial charge in [0.25, 0.3) is 0 Å². The van der Waals surface area contributed by atoms with Crippen LogP contribution in [0.5, 0.6) is 23.0 Å². The number of hydrogen-bond acceptors (Lipinski definition) is 6. The van der Waals surface area contributed by atoms with Crippen molar-refractivity contribution < 1.29 is 23.7 Å². The fraction of sp³-hybridized carbons (Fsp3) is 0.423. The van der Waals surface area contributed by atoms with Crippen molar-refractivity contribution in [3.63, 3.8) is 0 Å². The molecule has 0 aromatic heterocycles. The molecule has 0 spiro atoms. The van der Waals surface area contributed by atoms with E-state index in [0.29, 0.717) is 12.3 Å². The molecule has 33 heavy (non-hydrogen) atoms. The fourth-order valence-corrected chi connectivity index (χ4v) is 4.04. The molecule has 0 saturated carbocycles.